The molecule has 0 bridgehead atoms. The summed E-state index contributed by atoms with van der Waals surface area (Å²) < 4.78 is 13.4. The van der Waals surface area contributed by atoms with Crippen LogP contribution >= 0.6 is 11.6 Å². The summed E-state index contributed by atoms with van der Waals surface area (Å²) in [6.45, 7) is 1.53. The maximum atomic E-state index is 13.4. The van der Waals surface area contributed by atoms with E-state index in [1.165, 1.54) is 17.0 Å². The van der Waals surface area contributed by atoms with Gasteiger partial charge in [0.2, 0.25) is 5.91 Å². The van der Waals surface area contributed by atoms with E-state index in [9.17, 15) is 14.0 Å². The van der Waals surface area contributed by atoms with Crippen molar-refractivity contribution in [3.05, 3.63) is 64.9 Å². The molecule has 7 heteroatoms. The first-order valence-corrected chi connectivity index (χ1v) is 9.36. The minimum Gasteiger partial charge on any atom is -0.274 e. The zero-order valence-corrected chi connectivity index (χ0v) is 15.1. The number of halogens is 2. The van der Waals surface area contributed by atoms with Gasteiger partial charge < -0.3 is 0 Å². The molecule has 0 unspecified atom stereocenters. The van der Waals surface area contributed by atoms with Crippen molar-refractivity contribution in [2.75, 3.05) is 18.0 Å². The van der Waals surface area contributed by atoms with Crippen LogP contribution in [-0.2, 0) is 9.59 Å². The van der Waals surface area contributed by atoms with Crippen LogP contribution in [0.15, 0.2) is 48.5 Å². The van der Waals surface area contributed by atoms with Crippen molar-refractivity contribution in [3.8, 4) is 0 Å². The fourth-order valence-electron chi connectivity index (χ4n) is 4.62. The van der Waals surface area contributed by atoms with E-state index >= 15 is 0 Å². The third kappa shape index (κ3) is 2.44. The van der Waals surface area contributed by atoms with E-state index in [0.29, 0.717) is 10.7 Å². The molecule has 0 aliphatic carbocycles. The molecule has 5 nitrogen and oxygen atoms in total. The van der Waals surface area contributed by atoms with Gasteiger partial charge >= 0.3 is 0 Å². The Morgan fingerprint density at radius 3 is 2.15 bits per heavy atom. The zero-order chi connectivity index (χ0) is 18.7. The summed E-state index contributed by atoms with van der Waals surface area (Å²) in [5.41, 5.74) is 1.39. The summed E-state index contributed by atoms with van der Waals surface area (Å²) in [4.78, 5) is 27.8. The monoisotopic (exact) mass is 385 g/mol. The molecule has 0 aromatic heterocycles. The van der Waals surface area contributed by atoms with Crippen molar-refractivity contribution in [3.63, 3.8) is 0 Å². The smallest absolute Gasteiger partial charge is 0.253 e. The molecule has 3 aliphatic heterocycles. The Morgan fingerprint density at radius 1 is 0.852 bits per heavy atom. The molecule has 0 N–H and O–H groups in total. The molecule has 2 amide bonds. The van der Waals surface area contributed by atoms with E-state index in [0.717, 1.165) is 25.1 Å². The minimum atomic E-state index is -0.509. The summed E-state index contributed by atoms with van der Waals surface area (Å²) in [6, 6.07) is 12.2. The van der Waals surface area contributed by atoms with Crippen LogP contribution in [0.25, 0.3) is 0 Å². The Labute approximate surface area is 160 Å². The van der Waals surface area contributed by atoms with Gasteiger partial charge in [-0.1, -0.05) is 23.7 Å². The number of amides is 2. The van der Waals surface area contributed by atoms with E-state index in [-0.39, 0.29) is 23.7 Å². The molecule has 2 aromatic carbocycles. The largest absolute Gasteiger partial charge is 0.274 e. The topological polar surface area (TPSA) is 43.9 Å². The minimum absolute atomic E-state index is 0.205. The van der Waals surface area contributed by atoms with Gasteiger partial charge in [-0.05, 0) is 48.4 Å². The van der Waals surface area contributed by atoms with E-state index in [4.69, 9.17) is 11.6 Å². The molecule has 3 heterocycles. The van der Waals surface area contributed by atoms with Crippen LogP contribution in [0.2, 0.25) is 5.02 Å². The highest BCUT2D eigenvalue weighted by molar-refractivity contribution is 6.31. The average Bonchev–Trinajstić information content (AvgIpc) is 3.30. The predicted octanol–water partition coefficient (Wildman–Crippen LogP) is 3.01. The van der Waals surface area contributed by atoms with Gasteiger partial charge in [0.25, 0.3) is 5.91 Å². The molecule has 0 spiro atoms. The molecule has 5 rings (SSSR count). The van der Waals surface area contributed by atoms with Crippen LogP contribution in [-0.4, -0.2) is 41.0 Å². The van der Waals surface area contributed by atoms with Crippen LogP contribution in [0.3, 0.4) is 0 Å². The summed E-state index contributed by atoms with van der Waals surface area (Å²) in [6.07, 6.45) is 0.934. The molecule has 2 aromatic rings. The Balaban J connectivity index is 1.57. The van der Waals surface area contributed by atoms with Crippen LogP contribution in [0, 0.1) is 11.7 Å². The van der Waals surface area contributed by atoms with Gasteiger partial charge in [0, 0.05) is 18.1 Å². The molecular formula is C20H17ClFN3O2. The Morgan fingerprint density at radius 2 is 1.48 bits per heavy atom. The standard InChI is InChI=1S/C20H17ClFN3O2/c21-13-4-8-15(9-5-13)25-19(26)16-17(12-2-6-14(22)7-3-12)23-10-1-11-24(23)18(16)20(25)27/h2-9,16-18H,1,10-11H2/t16-,17-,18-/m0/s1. The second-order valence-corrected chi connectivity index (χ2v) is 7.57. The number of hydrazine groups is 1. The third-order valence-electron chi connectivity index (χ3n) is 5.70. The van der Waals surface area contributed by atoms with Gasteiger partial charge in [-0.2, -0.15) is 0 Å². The van der Waals surface area contributed by atoms with Gasteiger partial charge in [0.15, 0.2) is 0 Å². The Hall–Kier alpha value is -2.28. The second kappa shape index (κ2) is 6.12. The van der Waals surface area contributed by atoms with Crippen molar-refractivity contribution in [2.24, 2.45) is 5.92 Å². The summed E-state index contributed by atoms with van der Waals surface area (Å²) in [5, 5.41) is 4.68. The highest BCUT2D eigenvalue weighted by Gasteiger charge is 2.62. The van der Waals surface area contributed by atoms with Crippen LogP contribution in [0.4, 0.5) is 10.1 Å². The number of anilines is 1. The molecule has 3 saturated heterocycles. The fraction of sp³-hybridized carbons (Fsp3) is 0.300. The van der Waals surface area contributed by atoms with Gasteiger partial charge in [0.1, 0.15) is 11.9 Å². The zero-order valence-electron chi connectivity index (χ0n) is 14.4. The number of imide groups is 1. The lowest BCUT2D eigenvalue weighted by Crippen LogP contribution is -2.44. The SMILES string of the molecule is O=C1[C@@H]2[C@@H](C(=O)N1c1ccc(Cl)cc1)N1CCCN1[C@H]2c1ccc(F)cc1. The molecule has 0 saturated carbocycles. The third-order valence-corrected chi connectivity index (χ3v) is 5.95. The van der Waals surface area contributed by atoms with Crippen molar-refractivity contribution in [1.82, 2.24) is 10.0 Å². The second-order valence-electron chi connectivity index (χ2n) is 7.14. The lowest BCUT2D eigenvalue weighted by molar-refractivity contribution is -0.126. The lowest BCUT2D eigenvalue weighted by Gasteiger charge is -2.29. The van der Waals surface area contributed by atoms with Gasteiger partial charge in [0.05, 0.1) is 17.6 Å². The predicted molar refractivity (Wildman–Crippen MR) is 98.4 cm³/mol. The van der Waals surface area contributed by atoms with Crippen molar-refractivity contribution in [2.45, 2.75) is 18.5 Å². The van der Waals surface area contributed by atoms with Gasteiger partial charge in [-0.25, -0.2) is 19.3 Å². The van der Waals surface area contributed by atoms with Crippen LogP contribution in [0.1, 0.15) is 18.0 Å². The van der Waals surface area contributed by atoms with Crippen molar-refractivity contribution >= 4 is 29.1 Å². The Bertz CT molecular complexity index is 918. The molecule has 3 atom stereocenters. The van der Waals surface area contributed by atoms with E-state index in [2.05, 4.69) is 5.01 Å². The molecule has 27 heavy (non-hydrogen) atoms. The summed E-state index contributed by atoms with van der Waals surface area (Å²) in [7, 11) is 0. The molecule has 0 radical (unpaired) electrons. The summed E-state index contributed by atoms with van der Waals surface area (Å²) >= 11 is 5.94. The van der Waals surface area contributed by atoms with Gasteiger partial charge in [-0.15, -0.1) is 0 Å². The maximum Gasteiger partial charge on any atom is 0.253 e. The van der Waals surface area contributed by atoms with Crippen molar-refractivity contribution in [1.29, 1.82) is 0 Å². The first kappa shape index (κ1) is 16.9. The summed E-state index contributed by atoms with van der Waals surface area (Å²) in [5.74, 6) is -1.23. The highest BCUT2D eigenvalue weighted by atomic mass is 35.5. The van der Waals surface area contributed by atoms with Crippen LogP contribution in [0.5, 0.6) is 0 Å². The molecule has 3 aliphatic rings. The van der Waals surface area contributed by atoms with E-state index < -0.39 is 12.0 Å². The number of benzene rings is 2. The first-order valence-electron chi connectivity index (χ1n) is 8.98. The maximum absolute atomic E-state index is 13.4. The normalized spacial score (nSPS) is 28.1. The Kier molecular flexibility index (Phi) is 3.82. The number of carbonyl (C=O) groups is 2. The van der Waals surface area contributed by atoms with Crippen molar-refractivity contribution < 1.29 is 14.0 Å². The average molecular weight is 386 g/mol. The number of fused-ring (bicyclic) bond motifs is 3. The number of hydrogen-bond acceptors (Lipinski definition) is 4. The molecule has 138 valence electrons. The number of hydrogen-bond donors (Lipinski definition) is 0. The first-order chi connectivity index (χ1) is 13.1. The number of carbonyl (C=O) groups excluding carboxylic acids is 2. The van der Waals surface area contributed by atoms with E-state index in [1.54, 1.807) is 36.4 Å². The lowest BCUT2D eigenvalue weighted by atomic mass is 9.90. The molecular weight excluding hydrogens is 369 g/mol. The van der Waals surface area contributed by atoms with Gasteiger partial charge in [-0.3, -0.25) is 9.59 Å². The fourth-order valence-corrected chi connectivity index (χ4v) is 4.74. The van der Waals surface area contributed by atoms with Crippen LogP contribution < -0.4 is 4.90 Å². The number of rotatable bonds is 2. The number of nitrogens with zero attached hydrogens (tertiary/aromatic N) is 3. The molecule has 3 fully saturated rings. The van der Waals surface area contributed by atoms with E-state index in [1.807, 2.05) is 5.01 Å². The highest BCUT2D eigenvalue weighted by Crippen LogP contribution is 2.48. The quantitative estimate of drug-likeness (QED) is 0.745.